The number of aromatic nitrogens is 1. The molecule has 1 aromatic rings. The standard InChI is InChI=1S/C12H14N2O2/c1-9(12(15)16-3)7-14-10(2)11-5-4-6-13-8-11/h4-8H,1-3H3/b9-7+,14-10?. The fourth-order valence-corrected chi connectivity index (χ4v) is 1.06. The smallest absolute Gasteiger partial charge is 0.334 e. The van der Waals surface area contributed by atoms with Crippen LogP contribution in [0.2, 0.25) is 0 Å². The molecule has 0 saturated heterocycles. The quantitative estimate of drug-likeness (QED) is 0.442. The van der Waals surface area contributed by atoms with Gasteiger partial charge in [0, 0.05) is 29.9 Å². The second-order valence-corrected chi connectivity index (χ2v) is 3.26. The van der Waals surface area contributed by atoms with E-state index in [9.17, 15) is 4.79 Å². The maximum atomic E-state index is 11.1. The van der Waals surface area contributed by atoms with Crippen LogP contribution in [0.5, 0.6) is 0 Å². The van der Waals surface area contributed by atoms with Crippen molar-refractivity contribution in [2.75, 3.05) is 7.11 Å². The van der Waals surface area contributed by atoms with E-state index in [1.807, 2.05) is 19.1 Å². The van der Waals surface area contributed by atoms with Crippen LogP contribution in [0, 0.1) is 0 Å². The molecular formula is C12H14N2O2. The lowest BCUT2D eigenvalue weighted by molar-refractivity contribution is -0.136. The Morgan fingerprint density at radius 1 is 1.50 bits per heavy atom. The van der Waals surface area contributed by atoms with Crippen LogP contribution < -0.4 is 0 Å². The number of aliphatic imine (C=N–C) groups is 1. The maximum Gasteiger partial charge on any atom is 0.334 e. The van der Waals surface area contributed by atoms with Gasteiger partial charge in [0.05, 0.1) is 12.7 Å². The van der Waals surface area contributed by atoms with Gasteiger partial charge >= 0.3 is 5.97 Å². The number of esters is 1. The van der Waals surface area contributed by atoms with Crippen molar-refractivity contribution < 1.29 is 9.53 Å². The van der Waals surface area contributed by atoms with Crippen LogP contribution >= 0.6 is 0 Å². The van der Waals surface area contributed by atoms with E-state index in [-0.39, 0.29) is 5.97 Å². The first-order chi connectivity index (χ1) is 7.65. The molecule has 1 aromatic heterocycles. The number of carbonyl (C=O) groups excluding carboxylic acids is 1. The van der Waals surface area contributed by atoms with E-state index < -0.39 is 0 Å². The fourth-order valence-electron chi connectivity index (χ4n) is 1.06. The summed E-state index contributed by atoms with van der Waals surface area (Å²) in [7, 11) is 1.34. The third-order valence-electron chi connectivity index (χ3n) is 2.04. The highest BCUT2D eigenvalue weighted by Crippen LogP contribution is 2.01. The van der Waals surface area contributed by atoms with E-state index in [4.69, 9.17) is 0 Å². The normalized spacial score (nSPS) is 12.4. The van der Waals surface area contributed by atoms with Gasteiger partial charge in [-0.05, 0) is 19.9 Å². The Kier molecular flexibility index (Phi) is 4.39. The van der Waals surface area contributed by atoms with Crippen molar-refractivity contribution in [2.45, 2.75) is 13.8 Å². The molecule has 0 radical (unpaired) electrons. The van der Waals surface area contributed by atoms with Gasteiger partial charge in [-0.3, -0.25) is 9.98 Å². The van der Waals surface area contributed by atoms with E-state index in [2.05, 4.69) is 14.7 Å². The van der Waals surface area contributed by atoms with Crippen LogP contribution in [0.15, 0.2) is 41.3 Å². The second kappa shape index (κ2) is 5.80. The van der Waals surface area contributed by atoms with Crippen LogP contribution in [-0.2, 0) is 9.53 Å². The third-order valence-corrected chi connectivity index (χ3v) is 2.04. The molecule has 0 fully saturated rings. The number of ether oxygens (including phenoxy) is 1. The highest BCUT2D eigenvalue weighted by Gasteiger charge is 2.01. The van der Waals surface area contributed by atoms with Gasteiger partial charge in [-0.25, -0.2) is 4.79 Å². The molecule has 1 heterocycles. The Morgan fingerprint density at radius 3 is 2.81 bits per heavy atom. The molecule has 0 aromatic carbocycles. The molecule has 4 nitrogen and oxygen atoms in total. The molecule has 0 aliphatic carbocycles. The lowest BCUT2D eigenvalue weighted by Gasteiger charge is -1.98. The molecule has 0 N–H and O–H groups in total. The zero-order valence-corrected chi connectivity index (χ0v) is 9.60. The Bertz CT molecular complexity index is 422. The Hall–Kier alpha value is -1.97. The van der Waals surface area contributed by atoms with E-state index in [1.165, 1.54) is 13.3 Å². The zero-order chi connectivity index (χ0) is 12.0. The van der Waals surface area contributed by atoms with Crippen molar-refractivity contribution in [1.29, 1.82) is 0 Å². The van der Waals surface area contributed by atoms with E-state index in [1.54, 1.807) is 19.3 Å². The van der Waals surface area contributed by atoms with Gasteiger partial charge < -0.3 is 4.74 Å². The number of methoxy groups -OCH3 is 1. The summed E-state index contributed by atoms with van der Waals surface area (Å²) in [6, 6.07) is 3.75. The summed E-state index contributed by atoms with van der Waals surface area (Å²) < 4.78 is 4.56. The third kappa shape index (κ3) is 3.31. The molecule has 84 valence electrons. The average molecular weight is 218 g/mol. The summed E-state index contributed by atoms with van der Waals surface area (Å²) in [5, 5.41) is 0. The summed E-state index contributed by atoms with van der Waals surface area (Å²) in [6.07, 6.45) is 4.92. The molecule has 0 aliphatic rings. The van der Waals surface area contributed by atoms with Crippen LogP contribution in [-0.4, -0.2) is 23.8 Å². The number of pyridine rings is 1. The molecule has 4 heteroatoms. The largest absolute Gasteiger partial charge is 0.466 e. The van der Waals surface area contributed by atoms with Crippen molar-refractivity contribution in [2.24, 2.45) is 4.99 Å². The molecule has 1 rings (SSSR count). The lowest BCUT2D eigenvalue weighted by atomic mass is 10.2. The molecule has 0 aliphatic heterocycles. The lowest BCUT2D eigenvalue weighted by Crippen LogP contribution is -2.01. The number of rotatable bonds is 3. The number of hydrogen-bond acceptors (Lipinski definition) is 4. The van der Waals surface area contributed by atoms with Crippen molar-refractivity contribution in [1.82, 2.24) is 4.98 Å². The molecule has 0 atom stereocenters. The first kappa shape index (κ1) is 12.1. The van der Waals surface area contributed by atoms with E-state index in [0.717, 1.165) is 11.3 Å². The zero-order valence-electron chi connectivity index (χ0n) is 9.60. The van der Waals surface area contributed by atoms with Crippen molar-refractivity contribution in [3.63, 3.8) is 0 Å². The minimum atomic E-state index is -0.372. The predicted molar refractivity (Wildman–Crippen MR) is 62.2 cm³/mol. The minimum Gasteiger partial charge on any atom is -0.466 e. The molecular weight excluding hydrogens is 204 g/mol. The maximum absolute atomic E-state index is 11.1. The van der Waals surface area contributed by atoms with Crippen LogP contribution in [0.3, 0.4) is 0 Å². The first-order valence-electron chi connectivity index (χ1n) is 4.85. The molecule has 16 heavy (non-hydrogen) atoms. The van der Waals surface area contributed by atoms with Crippen LogP contribution in [0.25, 0.3) is 0 Å². The Balaban J connectivity index is 2.83. The molecule has 0 spiro atoms. The van der Waals surface area contributed by atoms with Gasteiger partial charge in [0.1, 0.15) is 0 Å². The average Bonchev–Trinajstić information content (AvgIpc) is 2.35. The van der Waals surface area contributed by atoms with Crippen LogP contribution in [0.4, 0.5) is 0 Å². The minimum absolute atomic E-state index is 0.372. The van der Waals surface area contributed by atoms with E-state index in [0.29, 0.717) is 5.57 Å². The number of nitrogens with zero attached hydrogens (tertiary/aromatic N) is 2. The predicted octanol–water partition coefficient (Wildman–Crippen LogP) is 1.97. The van der Waals surface area contributed by atoms with Crippen LogP contribution in [0.1, 0.15) is 19.4 Å². The summed E-state index contributed by atoms with van der Waals surface area (Å²) >= 11 is 0. The summed E-state index contributed by atoms with van der Waals surface area (Å²) in [4.78, 5) is 19.3. The second-order valence-electron chi connectivity index (χ2n) is 3.26. The van der Waals surface area contributed by atoms with Gasteiger partial charge in [-0.1, -0.05) is 6.07 Å². The fraction of sp³-hybridized carbons (Fsp3) is 0.250. The van der Waals surface area contributed by atoms with Gasteiger partial charge in [0.2, 0.25) is 0 Å². The summed E-state index contributed by atoms with van der Waals surface area (Å²) in [5.74, 6) is -0.372. The highest BCUT2D eigenvalue weighted by molar-refractivity contribution is 5.99. The monoisotopic (exact) mass is 218 g/mol. The van der Waals surface area contributed by atoms with Gasteiger partial charge in [0.15, 0.2) is 0 Å². The molecule has 0 saturated carbocycles. The number of carbonyl (C=O) groups is 1. The highest BCUT2D eigenvalue weighted by atomic mass is 16.5. The van der Waals surface area contributed by atoms with Gasteiger partial charge in [-0.15, -0.1) is 0 Å². The first-order valence-corrected chi connectivity index (χ1v) is 4.85. The van der Waals surface area contributed by atoms with Gasteiger partial charge in [0.25, 0.3) is 0 Å². The number of hydrogen-bond donors (Lipinski definition) is 0. The van der Waals surface area contributed by atoms with Crippen molar-refractivity contribution in [3.8, 4) is 0 Å². The Labute approximate surface area is 94.7 Å². The SMILES string of the molecule is COC(=O)/C(C)=C/N=C(C)c1cccnc1. The Morgan fingerprint density at radius 2 is 2.25 bits per heavy atom. The topological polar surface area (TPSA) is 51.5 Å². The van der Waals surface area contributed by atoms with Gasteiger partial charge in [-0.2, -0.15) is 0 Å². The molecule has 0 amide bonds. The van der Waals surface area contributed by atoms with Crippen molar-refractivity contribution in [3.05, 3.63) is 41.9 Å². The molecule has 0 unspecified atom stereocenters. The molecule has 0 bridgehead atoms. The summed E-state index contributed by atoms with van der Waals surface area (Å²) in [5.41, 5.74) is 2.19. The summed E-state index contributed by atoms with van der Waals surface area (Å²) in [6.45, 7) is 3.52. The van der Waals surface area contributed by atoms with Crippen molar-refractivity contribution >= 4 is 11.7 Å². The van der Waals surface area contributed by atoms with E-state index >= 15 is 0 Å².